The van der Waals surface area contributed by atoms with Gasteiger partial charge < -0.3 is 23.7 Å². The minimum atomic E-state index is -4.21. The summed E-state index contributed by atoms with van der Waals surface area (Å²) in [5, 5.41) is 3.96. The Hall–Kier alpha value is -4.45. The van der Waals surface area contributed by atoms with Crippen LogP contribution < -0.4 is 33.4 Å². The number of hydrogen-bond donors (Lipinski definition) is 1. The molecule has 0 atom stereocenters. The van der Waals surface area contributed by atoms with Gasteiger partial charge in [0.05, 0.1) is 52.3 Å². The van der Waals surface area contributed by atoms with Crippen molar-refractivity contribution in [2.75, 3.05) is 46.4 Å². The van der Waals surface area contributed by atoms with Gasteiger partial charge in [-0.05, 0) is 48.5 Å². The summed E-state index contributed by atoms with van der Waals surface area (Å²) in [6.45, 7) is -0.555. The van der Waals surface area contributed by atoms with Gasteiger partial charge in [-0.2, -0.15) is 5.10 Å². The molecule has 0 aliphatic heterocycles. The molecular weight excluding hydrogens is 514 g/mol. The third-order valence-electron chi connectivity index (χ3n) is 5.42. The van der Waals surface area contributed by atoms with Crippen LogP contribution in [0.4, 0.5) is 5.69 Å². The molecule has 0 aliphatic carbocycles. The number of benzene rings is 3. The Labute approximate surface area is 221 Å². The van der Waals surface area contributed by atoms with Crippen molar-refractivity contribution in [1.29, 1.82) is 0 Å². The number of hydrogen-bond acceptors (Lipinski definition) is 9. The van der Waals surface area contributed by atoms with Crippen LogP contribution >= 0.6 is 0 Å². The van der Waals surface area contributed by atoms with Gasteiger partial charge in [0.15, 0.2) is 11.5 Å². The summed E-state index contributed by atoms with van der Waals surface area (Å²) in [4.78, 5) is 12.8. The van der Waals surface area contributed by atoms with E-state index in [9.17, 15) is 13.2 Å². The first kappa shape index (κ1) is 28.1. The first-order chi connectivity index (χ1) is 18.3. The highest BCUT2D eigenvalue weighted by atomic mass is 32.2. The molecule has 0 heterocycles. The maximum Gasteiger partial charge on any atom is 0.264 e. The molecular formula is C26H29N3O8S. The zero-order chi connectivity index (χ0) is 27.7. The molecule has 0 bridgehead atoms. The second-order valence-electron chi connectivity index (χ2n) is 7.63. The Bertz CT molecular complexity index is 1390. The lowest BCUT2D eigenvalue weighted by Crippen LogP contribution is -2.39. The third-order valence-corrected chi connectivity index (χ3v) is 7.19. The quantitative estimate of drug-likeness (QED) is 0.273. The van der Waals surface area contributed by atoms with Crippen molar-refractivity contribution in [1.82, 2.24) is 5.43 Å². The first-order valence-corrected chi connectivity index (χ1v) is 12.6. The molecule has 12 heteroatoms. The number of amides is 1. The van der Waals surface area contributed by atoms with Gasteiger partial charge in [-0.25, -0.2) is 13.8 Å². The molecule has 0 saturated carbocycles. The highest BCUT2D eigenvalue weighted by Gasteiger charge is 2.28. The van der Waals surface area contributed by atoms with Crippen LogP contribution in [0.2, 0.25) is 0 Å². The van der Waals surface area contributed by atoms with E-state index in [1.165, 1.54) is 72.1 Å². The average Bonchev–Trinajstić information content (AvgIpc) is 2.95. The van der Waals surface area contributed by atoms with Crippen LogP contribution in [0.5, 0.6) is 28.7 Å². The van der Waals surface area contributed by atoms with Crippen molar-refractivity contribution < 1.29 is 36.9 Å². The topological polar surface area (TPSA) is 125 Å². The number of ether oxygens (including phenoxy) is 5. The molecule has 0 unspecified atom stereocenters. The van der Waals surface area contributed by atoms with Crippen molar-refractivity contribution >= 4 is 27.8 Å². The number of sulfonamides is 1. The number of rotatable bonds is 12. The van der Waals surface area contributed by atoms with Crippen molar-refractivity contribution in [3.8, 4) is 28.7 Å². The fraction of sp³-hybridized carbons (Fsp3) is 0.231. The van der Waals surface area contributed by atoms with E-state index in [2.05, 4.69) is 10.5 Å². The molecule has 0 radical (unpaired) electrons. The number of carbonyl (C=O) groups excluding carboxylic acids is 1. The van der Waals surface area contributed by atoms with Crippen molar-refractivity contribution in [2.24, 2.45) is 5.10 Å². The van der Waals surface area contributed by atoms with Gasteiger partial charge in [0.25, 0.3) is 15.9 Å². The number of methoxy groups -OCH3 is 5. The van der Waals surface area contributed by atoms with Crippen LogP contribution in [-0.4, -0.2) is 62.6 Å². The predicted octanol–water partition coefficient (Wildman–Crippen LogP) is 3.08. The van der Waals surface area contributed by atoms with Crippen molar-refractivity contribution in [3.63, 3.8) is 0 Å². The molecule has 3 aromatic carbocycles. The van der Waals surface area contributed by atoms with Gasteiger partial charge in [0.2, 0.25) is 0 Å². The monoisotopic (exact) mass is 543 g/mol. The number of anilines is 1. The maximum absolute atomic E-state index is 13.7. The molecule has 3 rings (SSSR count). The van der Waals surface area contributed by atoms with Crippen molar-refractivity contribution in [3.05, 3.63) is 66.2 Å². The summed E-state index contributed by atoms with van der Waals surface area (Å²) in [6, 6.07) is 15.5. The zero-order valence-electron chi connectivity index (χ0n) is 21.6. The maximum atomic E-state index is 13.7. The largest absolute Gasteiger partial charge is 0.497 e. The molecule has 0 aromatic heterocycles. The van der Waals surface area contributed by atoms with Gasteiger partial charge in [-0.3, -0.25) is 9.10 Å². The van der Waals surface area contributed by atoms with Gasteiger partial charge in [-0.1, -0.05) is 0 Å². The number of nitrogens with one attached hydrogen (secondary N) is 1. The molecule has 3 aromatic rings. The van der Waals surface area contributed by atoms with Crippen LogP contribution in [0.1, 0.15) is 5.56 Å². The highest BCUT2D eigenvalue weighted by Crippen LogP contribution is 2.32. The minimum Gasteiger partial charge on any atom is -0.497 e. The van der Waals surface area contributed by atoms with Gasteiger partial charge in [-0.15, -0.1) is 0 Å². The molecule has 1 amide bonds. The van der Waals surface area contributed by atoms with Gasteiger partial charge in [0, 0.05) is 17.7 Å². The summed E-state index contributed by atoms with van der Waals surface area (Å²) in [6.07, 6.45) is 1.39. The summed E-state index contributed by atoms with van der Waals surface area (Å²) < 4.78 is 54.4. The van der Waals surface area contributed by atoms with E-state index >= 15 is 0 Å². The Morgan fingerprint density at radius 2 is 1.42 bits per heavy atom. The number of nitrogens with zero attached hydrogens (tertiary/aromatic N) is 2. The Morgan fingerprint density at radius 3 is 2.03 bits per heavy atom. The fourth-order valence-corrected chi connectivity index (χ4v) is 4.87. The molecule has 1 N–H and O–H groups in total. The lowest BCUT2D eigenvalue weighted by molar-refractivity contribution is -0.119. The molecule has 0 spiro atoms. The number of carbonyl (C=O) groups is 1. The van der Waals surface area contributed by atoms with Crippen molar-refractivity contribution in [2.45, 2.75) is 4.90 Å². The van der Waals surface area contributed by atoms with Gasteiger partial charge in [0.1, 0.15) is 23.8 Å². The van der Waals surface area contributed by atoms with Crippen LogP contribution in [0.25, 0.3) is 0 Å². The Morgan fingerprint density at radius 1 is 0.789 bits per heavy atom. The third kappa shape index (κ3) is 6.45. The van der Waals surface area contributed by atoms with Crippen LogP contribution in [0.15, 0.2) is 70.7 Å². The van der Waals surface area contributed by atoms with E-state index < -0.39 is 22.5 Å². The summed E-state index contributed by atoms with van der Waals surface area (Å²) >= 11 is 0. The van der Waals surface area contributed by atoms with Crippen LogP contribution in [0, 0.1) is 0 Å². The zero-order valence-corrected chi connectivity index (χ0v) is 22.4. The van der Waals surface area contributed by atoms with E-state index in [0.717, 1.165) is 4.31 Å². The van der Waals surface area contributed by atoms with Crippen LogP contribution in [0.3, 0.4) is 0 Å². The SMILES string of the molecule is COc1ccc(N(CC(=O)N/N=C\c2ccc(OC)cc2OC)S(=O)(=O)c2ccc(OC)c(OC)c2)cc1. The normalized spacial score (nSPS) is 11.1. The van der Waals surface area contributed by atoms with Crippen LogP contribution in [-0.2, 0) is 14.8 Å². The summed E-state index contributed by atoms with van der Waals surface area (Å²) in [5.74, 6) is 1.53. The molecule has 0 aliphatic rings. The van der Waals surface area contributed by atoms with E-state index in [1.807, 2.05) is 0 Å². The molecule has 38 heavy (non-hydrogen) atoms. The summed E-state index contributed by atoms with van der Waals surface area (Å²) in [5.41, 5.74) is 3.20. The standard InChI is InChI=1S/C26H29N3O8S/c1-33-20-10-7-19(8-11-20)29(38(31,32)22-12-13-23(35-3)25(15-22)37-5)17-26(30)28-27-16-18-6-9-21(34-2)14-24(18)36-4/h6-16H,17H2,1-5H3,(H,28,30)/b27-16-. The molecule has 0 fully saturated rings. The lowest BCUT2D eigenvalue weighted by Gasteiger charge is -2.24. The van der Waals surface area contributed by atoms with Gasteiger partial charge >= 0.3 is 0 Å². The predicted molar refractivity (Wildman–Crippen MR) is 142 cm³/mol. The second kappa shape index (κ2) is 12.7. The second-order valence-corrected chi connectivity index (χ2v) is 9.49. The minimum absolute atomic E-state index is 0.0924. The van der Waals surface area contributed by atoms with E-state index in [1.54, 1.807) is 30.3 Å². The van der Waals surface area contributed by atoms with E-state index in [4.69, 9.17) is 23.7 Å². The highest BCUT2D eigenvalue weighted by molar-refractivity contribution is 7.92. The molecule has 202 valence electrons. The number of hydrazone groups is 1. The Balaban J connectivity index is 1.89. The smallest absolute Gasteiger partial charge is 0.264 e. The van der Waals surface area contributed by atoms with E-state index in [-0.39, 0.29) is 16.3 Å². The summed E-state index contributed by atoms with van der Waals surface area (Å²) in [7, 11) is 3.16. The average molecular weight is 544 g/mol. The molecule has 0 saturated heterocycles. The lowest BCUT2D eigenvalue weighted by atomic mass is 10.2. The first-order valence-electron chi connectivity index (χ1n) is 11.2. The van der Waals surface area contributed by atoms with E-state index in [0.29, 0.717) is 28.6 Å². The Kier molecular flexibility index (Phi) is 9.39. The fourth-order valence-electron chi connectivity index (χ4n) is 3.43. The molecule has 11 nitrogen and oxygen atoms in total.